The molecular formula is C14H14O3S. The van der Waals surface area contributed by atoms with Crippen LogP contribution in [0.5, 0.6) is 17.2 Å². The van der Waals surface area contributed by atoms with E-state index in [4.69, 9.17) is 4.18 Å². The lowest BCUT2D eigenvalue weighted by Crippen LogP contribution is -1.88. The third-order valence-electron chi connectivity index (χ3n) is 2.82. The van der Waals surface area contributed by atoms with Crippen LogP contribution in [0, 0.1) is 13.8 Å². The minimum atomic E-state index is 0.0457. The fourth-order valence-corrected chi connectivity index (χ4v) is 2.11. The average Bonchev–Trinajstić information content (AvgIpc) is 2.32. The first-order valence-corrected chi connectivity index (χ1v) is 5.84. The molecule has 2 N–H and O–H groups in total. The SMILES string of the molecule is Cc1cc(OS)c(O)c(-c2ccc(O)cc2C)c1. The number of thiol groups is 1. The van der Waals surface area contributed by atoms with Crippen LogP contribution in [0.25, 0.3) is 11.1 Å². The molecule has 0 radical (unpaired) electrons. The summed E-state index contributed by atoms with van der Waals surface area (Å²) in [5, 5.41) is 19.5. The summed E-state index contributed by atoms with van der Waals surface area (Å²) >= 11 is 3.73. The van der Waals surface area contributed by atoms with Crippen molar-refractivity contribution in [3.8, 4) is 28.4 Å². The smallest absolute Gasteiger partial charge is 0.179 e. The summed E-state index contributed by atoms with van der Waals surface area (Å²) in [6, 6.07) is 8.58. The second kappa shape index (κ2) is 4.82. The Labute approximate surface area is 111 Å². The Balaban J connectivity index is 2.67. The van der Waals surface area contributed by atoms with Crippen molar-refractivity contribution < 1.29 is 14.4 Å². The highest BCUT2D eigenvalue weighted by Gasteiger charge is 2.13. The van der Waals surface area contributed by atoms with Crippen LogP contribution in [0.15, 0.2) is 30.3 Å². The number of rotatable bonds is 2. The summed E-state index contributed by atoms with van der Waals surface area (Å²) < 4.78 is 4.85. The zero-order chi connectivity index (χ0) is 13.3. The van der Waals surface area contributed by atoms with E-state index in [1.165, 1.54) is 0 Å². The Morgan fingerprint density at radius 2 is 1.72 bits per heavy atom. The third kappa shape index (κ3) is 2.24. The summed E-state index contributed by atoms with van der Waals surface area (Å²) in [6.07, 6.45) is 0. The molecule has 0 fully saturated rings. The molecule has 0 saturated carbocycles. The van der Waals surface area contributed by atoms with E-state index < -0.39 is 0 Å². The van der Waals surface area contributed by atoms with Crippen molar-refractivity contribution in [1.29, 1.82) is 0 Å². The molecule has 94 valence electrons. The first-order valence-electron chi connectivity index (χ1n) is 5.48. The third-order valence-corrected chi connectivity index (χ3v) is 3.01. The Bertz CT molecular complexity index is 594. The van der Waals surface area contributed by atoms with Gasteiger partial charge in [0.1, 0.15) is 5.75 Å². The lowest BCUT2D eigenvalue weighted by atomic mass is 9.97. The molecule has 0 aliphatic rings. The number of aryl methyl sites for hydroxylation is 2. The topological polar surface area (TPSA) is 49.7 Å². The molecule has 0 unspecified atom stereocenters. The lowest BCUT2D eigenvalue weighted by molar-refractivity contribution is 0.453. The second-order valence-electron chi connectivity index (χ2n) is 4.25. The molecule has 0 aromatic heterocycles. The van der Waals surface area contributed by atoms with Crippen molar-refractivity contribution in [3.63, 3.8) is 0 Å². The van der Waals surface area contributed by atoms with Crippen molar-refractivity contribution in [2.24, 2.45) is 0 Å². The van der Waals surface area contributed by atoms with Gasteiger partial charge in [-0.15, -0.1) is 0 Å². The fraction of sp³-hybridized carbons (Fsp3) is 0.143. The molecule has 0 aliphatic carbocycles. The van der Waals surface area contributed by atoms with Crippen LogP contribution in [0.3, 0.4) is 0 Å². The molecule has 2 rings (SSSR count). The standard InChI is InChI=1S/C14H14O3S/c1-8-5-12(14(16)13(6-8)17-18)11-4-3-10(15)7-9(11)2/h3-7,15-16,18H,1-2H3. The van der Waals surface area contributed by atoms with Crippen LogP contribution in [0.4, 0.5) is 0 Å². The van der Waals surface area contributed by atoms with E-state index >= 15 is 0 Å². The summed E-state index contributed by atoms with van der Waals surface area (Å²) in [4.78, 5) is 0. The van der Waals surface area contributed by atoms with Crippen molar-refractivity contribution in [1.82, 2.24) is 0 Å². The first kappa shape index (κ1) is 12.6. The first-order chi connectivity index (χ1) is 8.52. The van der Waals surface area contributed by atoms with E-state index in [-0.39, 0.29) is 11.5 Å². The van der Waals surface area contributed by atoms with Crippen LogP contribution in [0.1, 0.15) is 11.1 Å². The lowest BCUT2D eigenvalue weighted by Gasteiger charge is -2.12. The molecule has 18 heavy (non-hydrogen) atoms. The molecule has 0 heterocycles. The van der Waals surface area contributed by atoms with Crippen LogP contribution < -0.4 is 4.18 Å². The quantitative estimate of drug-likeness (QED) is 0.572. The Kier molecular flexibility index (Phi) is 3.39. The van der Waals surface area contributed by atoms with E-state index in [0.29, 0.717) is 11.3 Å². The molecule has 4 heteroatoms. The van der Waals surface area contributed by atoms with Gasteiger partial charge in [-0.05, 0) is 54.8 Å². The van der Waals surface area contributed by atoms with Gasteiger partial charge in [-0.25, -0.2) is 0 Å². The van der Waals surface area contributed by atoms with Crippen molar-refractivity contribution >= 4 is 12.9 Å². The molecule has 0 spiro atoms. The van der Waals surface area contributed by atoms with Gasteiger partial charge in [0.25, 0.3) is 0 Å². The maximum absolute atomic E-state index is 10.1. The van der Waals surface area contributed by atoms with Gasteiger partial charge in [-0.2, -0.15) is 0 Å². The Morgan fingerprint density at radius 1 is 1.00 bits per heavy atom. The Morgan fingerprint density at radius 3 is 2.33 bits per heavy atom. The monoisotopic (exact) mass is 262 g/mol. The predicted molar refractivity (Wildman–Crippen MR) is 74.3 cm³/mol. The van der Waals surface area contributed by atoms with Gasteiger partial charge < -0.3 is 14.4 Å². The van der Waals surface area contributed by atoms with E-state index in [9.17, 15) is 10.2 Å². The average molecular weight is 262 g/mol. The number of phenols is 2. The van der Waals surface area contributed by atoms with Gasteiger partial charge >= 0.3 is 0 Å². The molecule has 0 aliphatic heterocycles. The van der Waals surface area contributed by atoms with E-state index in [2.05, 4.69) is 12.9 Å². The van der Waals surface area contributed by atoms with Crippen LogP contribution in [-0.4, -0.2) is 10.2 Å². The molecule has 3 nitrogen and oxygen atoms in total. The zero-order valence-electron chi connectivity index (χ0n) is 10.1. The molecule has 0 amide bonds. The zero-order valence-corrected chi connectivity index (χ0v) is 11.0. The second-order valence-corrected chi connectivity index (χ2v) is 4.43. The maximum Gasteiger partial charge on any atom is 0.179 e. The van der Waals surface area contributed by atoms with E-state index in [1.54, 1.807) is 24.3 Å². The van der Waals surface area contributed by atoms with Crippen LogP contribution in [-0.2, 0) is 0 Å². The van der Waals surface area contributed by atoms with Crippen molar-refractivity contribution in [2.75, 3.05) is 0 Å². The predicted octanol–water partition coefficient (Wildman–Crippen LogP) is 3.61. The largest absolute Gasteiger partial charge is 0.508 e. The van der Waals surface area contributed by atoms with Crippen molar-refractivity contribution in [2.45, 2.75) is 13.8 Å². The fourth-order valence-electron chi connectivity index (χ4n) is 1.97. The number of benzene rings is 2. The van der Waals surface area contributed by atoms with E-state index in [0.717, 1.165) is 16.7 Å². The molecular weight excluding hydrogens is 248 g/mol. The molecule has 2 aromatic rings. The highest BCUT2D eigenvalue weighted by atomic mass is 32.1. The summed E-state index contributed by atoms with van der Waals surface area (Å²) in [5.41, 5.74) is 3.34. The van der Waals surface area contributed by atoms with Gasteiger partial charge in [-0.3, -0.25) is 0 Å². The van der Waals surface area contributed by atoms with Gasteiger partial charge in [0.05, 0.1) is 0 Å². The number of hydrogen-bond donors (Lipinski definition) is 3. The normalized spacial score (nSPS) is 10.4. The summed E-state index contributed by atoms with van der Waals surface area (Å²) in [5.74, 6) is 0.569. The van der Waals surface area contributed by atoms with Gasteiger partial charge in [0.2, 0.25) is 0 Å². The minimum Gasteiger partial charge on any atom is -0.508 e. The minimum absolute atomic E-state index is 0.0457. The number of hydrogen-bond acceptors (Lipinski definition) is 4. The van der Waals surface area contributed by atoms with Gasteiger partial charge in [0, 0.05) is 18.5 Å². The van der Waals surface area contributed by atoms with E-state index in [1.807, 2.05) is 19.9 Å². The molecule has 0 saturated heterocycles. The summed E-state index contributed by atoms with van der Waals surface area (Å²) in [6.45, 7) is 3.78. The number of aromatic hydroxyl groups is 2. The van der Waals surface area contributed by atoms with Crippen LogP contribution in [0.2, 0.25) is 0 Å². The van der Waals surface area contributed by atoms with Crippen molar-refractivity contribution in [3.05, 3.63) is 41.5 Å². The highest BCUT2D eigenvalue weighted by molar-refractivity contribution is 7.75. The van der Waals surface area contributed by atoms with Gasteiger partial charge in [0.15, 0.2) is 11.5 Å². The maximum atomic E-state index is 10.1. The Hall–Kier alpha value is -1.81. The van der Waals surface area contributed by atoms with Gasteiger partial charge in [-0.1, -0.05) is 6.07 Å². The summed E-state index contributed by atoms with van der Waals surface area (Å²) in [7, 11) is 0. The molecule has 0 atom stereocenters. The van der Waals surface area contributed by atoms with Crippen LogP contribution >= 0.6 is 12.9 Å². The molecule has 0 bridgehead atoms. The molecule has 2 aromatic carbocycles. The number of phenolic OH excluding ortho intramolecular Hbond substituents is 2. The highest BCUT2D eigenvalue weighted by Crippen LogP contribution is 2.40.